The first-order valence-corrected chi connectivity index (χ1v) is 6.70. The third-order valence-electron chi connectivity index (χ3n) is 3.39. The molecule has 0 radical (unpaired) electrons. The zero-order chi connectivity index (χ0) is 12.0. The Morgan fingerprint density at radius 3 is 2.31 bits per heavy atom. The van der Waals surface area contributed by atoms with Crippen LogP contribution in [-0.2, 0) is 0 Å². The van der Waals surface area contributed by atoms with Crippen molar-refractivity contribution < 1.29 is 4.79 Å². The number of amides is 2. The summed E-state index contributed by atoms with van der Waals surface area (Å²) < 4.78 is 0. The van der Waals surface area contributed by atoms with Gasteiger partial charge in [0.05, 0.1) is 0 Å². The number of hydrogen-bond donors (Lipinski definition) is 2. The maximum atomic E-state index is 11.6. The van der Waals surface area contributed by atoms with E-state index in [4.69, 9.17) is 0 Å². The number of carbonyl (C=O) groups is 1. The molecule has 3 heteroatoms. The molecule has 16 heavy (non-hydrogen) atoms. The van der Waals surface area contributed by atoms with E-state index in [2.05, 4.69) is 17.6 Å². The van der Waals surface area contributed by atoms with Crippen molar-refractivity contribution in [3.8, 4) is 0 Å². The topological polar surface area (TPSA) is 41.1 Å². The average Bonchev–Trinajstić information content (AvgIpc) is 2.26. The molecule has 0 bridgehead atoms. The molecule has 0 aliphatic heterocycles. The standard InChI is InChI=1S/C13H26N2O/c1-4-12(11-8-6-5-7-9-11)15-13(16)14-10(2)3/h10-12H,4-9H2,1-3H3,(H2,14,15,16). The summed E-state index contributed by atoms with van der Waals surface area (Å²) in [5, 5.41) is 6.01. The number of nitrogens with one attached hydrogen (secondary N) is 2. The normalized spacial score (nSPS) is 19.5. The van der Waals surface area contributed by atoms with Gasteiger partial charge >= 0.3 is 6.03 Å². The van der Waals surface area contributed by atoms with Crippen molar-refractivity contribution >= 4 is 6.03 Å². The molecule has 0 aromatic rings. The van der Waals surface area contributed by atoms with Gasteiger partial charge in [0.2, 0.25) is 0 Å². The SMILES string of the molecule is CCC(NC(=O)NC(C)C)C1CCCCC1. The fourth-order valence-corrected chi connectivity index (χ4v) is 2.56. The summed E-state index contributed by atoms with van der Waals surface area (Å²) in [6, 6.07) is 0.565. The molecular weight excluding hydrogens is 200 g/mol. The molecule has 1 aliphatic rings. The van der Waals surface area contributed by atoms with Gasteiger partial charge in [0.1, 0.15) is 0 Å². The molecule has 1 unspecified atom stereocenters. The van der Waals surface area contributed by atoms with Gasteiger partial charge in [-0.2, -0.15) is 0 Å². The number of carbonyl (C=O) groups excluding carboxylic acids is 1. The summed E-state index contributed by atoms with van der Waals surface area (Å²) in [5.74, 6) is 0.691. The molecule has 1 aliphatic carbocycles. The summed E-state index contributed by atoms with van der Waals surface area (Å²) >= 11 is 0. The summed E-state index contributed by atoms with van der Waals surface area (Å²) in [6.07, 6.45) is 7.62. The number of urea groups is 1. The fourth-order valence-electron chi connectivity index (χ4n) is 2.56. The van der Waals surface area contributed by atoms with E-state index in [1.54, 1.807) is 0 Å². The number of rotatable bonds is 4. The van der Waals surface area contributed by atoms with E-state index in [1.807, 2.05) is 13.8 Å². The zero-order valence-corrected chi connectivity index (χ0v) is 10.9. The minimum absolute atomic E-state index is 0.00702. The average molecular weight is 226 g/mol. The monoisotopic (exact) mass is 226 g/mol. The molecule has 2 amide bonds. The van der Waals surface area contributed by atoms with E-state index >= 15 is 0 Å². The molecule has 1 saturated carbocycles. The molecule has 1 atom stereocenters. The van der Waals surface area contributed by atoms with Crippen LogP contribution in [0.4, 0.5) is 4.79 Å². The van der Waals surface area contributed by atoms with Crippen LogP contribution in [0.5, 0.6) is 0 Å². The third-order valence-corrected chi connectivity index (χ3v) is 3.39. The van der Waals surface area contributed by atoms with Crippen molar-refractivity contribution in [2.75, 3.05) is 0 Å². The van der Waals surface area contributed by atoms with E-state index in [-0.39, 0.29) is 12.1 Å². The van der Waals surface area contributed by atoms with Crippen LogP contribution in [0.2, 0.25) is 0 Å². The third kappa shape index (κ3) is 4.42. The highest BCUT2D eigenvalue weighted by Gasteiger charge is 2.23. The molecule has 3 nitrogen and oxygen atoms in total. The molecule has 94 valence electrons. The van der Waals surface area contributed by atoms with Gasteiger partial charge in [-0.05, 0) is 39.0 Å². The van der Waals surface area contributed by atoms with Crippen LogP contribution in [0, 0.1) is 5.92 Å². The first-order valence-electron chi connectivity index (χ1n) is 6.70. The van der Waals surface area contributed by atoms with Crippen LogP contribution in [0.3, 0.4) is 0 Å². The van der Waals surface area contributed by atoms with Crippen molar-refractivity contribution in [1.29, 1.82) is 0 Å². The Morgan fingerprint density at radius 2 is 1.81 bits per heavy atom. The van der Waals surface area contributed by atoms with Gasteiger partial charge in [0.15, 0.2) is 0 Å². The Hall–Kier alpha value is -0.730. The lowest BCUT2D eigenvalue weighted by molar-refractivity contribution is 0.217. The van der Waals surface area contributed by atoms with E-state index in [0.29, 0.717) is 12.0 Å². The second kappa shape index (κ2) is 6.77. The van der Waals surface area contributed by atoms with Crippen molar-refractivity contribution in [2.45, 2.75) is 71.4 Å². The highest BCUT2D eigenvalue weighted by molar-refractivity contribution is 5.74. The first kappa shape index (κ1) is 13.3. The molecule has 1 fully saturated rings. The van der Waals surface area contributed by atoms with Gasteiger partial charge in [-0.25, -0.2) is 4.79 Å². The molecule has 2 N–H and O–H groups in total. The Labute approximate surface area is 99.4 Å². The second-order valence-corrected chi connectivity index (χ2v) is 5.19. The van der Waals surface area contributed by atoms with E-state index in [1.165, 1.54) is 32.1 Å². The lowest BCUT2D eigenvalue weighted by atomic mass is 9.83. The van der Waals surface area contributed by atoms with Crippen molar-refractivity contribution in [3.63, 3.8) is 0 Å². The first-order chi connectivity index (χ1) is 7.63. The molecule has 0 heterocycles. The summed E-state index contributed by atoms with van der Waals surface area (Å²) in [7, 11) is 0. The highest BCUT2D eigenvalue weighted by Crippen LogP contribution is 2.27. The highest BCUT2D eigenvalue weighted by atomic mass is 16.2. The molecule has 1 rings (SSSR count). The number of hydrogen-bond acceptors (Lipinski definition) is 1. The van der Waals surface area contributed by atoms with Crippen LogP contribution in [-0.4, -0.2) is 18.1 Å². The minimum atomic E-state index is -0.00702. The maximum absolute atomic E-state index is 11.6. The molecule has 0 aromatic heterocycles. The quantitative estimate of drug-likeness (QED) is 0.760. The van der Waals surface area contributed by atoms with Gasteiger partial charge < -0.3 is 10.6 Å². The van der Waals surface area contributed by atoms with Gasteiger partial charge in [0.25, 0.3) is 0 Å². The van der Waals surface area contributed by atoms with Crippen molar-refractivity contribution in [1.82, 2.24) is 10.6 Å². The Balaban J connectivity index is 2.37. The minimum Gasteiger partial charge on any atom is -0.336 e. The Bertz CT molecular complexity index is 210. The van der Waals surface area contributed by atoms with Crippen LogP contribution < -0.4 is 10.6 Å². The van der Waals surface area contributed by atoms with E-state index in [0.717, 1.165) is 6.42 Å². The van der Waals surface area contributed by atoms with Gasteiger partial charge in [-0.1, -0.05) is 26.2 Å². The van der Waals surface area contributed by atoms with Crippen LogP contribution in [0.1, 0.15) is 59.3 Å². The second-order valence-electron chi connectivity index (χ2n) is 5.19. The predicted octanol–water partition coefficient (Wildman–Crippen LogP) is 3.05. The lowest BCUT2D eigenvalue weighted by Crippen LogP contribution is -2.47. The van der Waals surface area contributed by atoms with Gasteiger partial charge in [-0.15, -0.1) is 0 Å². The smallest absolute Gasteiger partial charge is 0.315 e. The van der Waals surface area contributed by atoms with Crippen LogP contribution >= 0.6 is 0 Å². The molecule has 0 saturated heterocycles. The van der Waals surface area contributed by atoms with E-state index in [9.17, 15) is 4.79 Å². The van der Waals surface area contributed by atoms with Crippen LogP contribution in [0.15, 0.2) is 0 Å². The summed E-state index contributed by atoms with van der Waals surface area (Å²) in [5.41, 5.74) is 0. The summed E-state index contributed by atoms with van der Waals surface area (Å²) in [4.78, 5) is 11.6. The van der Waals surface area contributed by atoms with Crippen molar-refractivity contribution in [2.24, 2.45) is 5.92 Å². The van der Waals surface area contributed by atoms with Crippen LogP contribution in [0.25, 0.3) is 0 Å². The largest absolute Gasteiger partial charge is 0.336 e. The maximum Gasteiger partial charge on any atom is 0.315 e. The van der Waals surface area contributed by atoms with E-state index < -0.39 is 0 Å². The Morgan fingerprint density at radius 1 is 1.19 bits per heavy atom. The zero-order valence-electron chi connectivity index (χ0n) is 10.9. The predicted molar refractivity (Wildman–Crippen MR) is 67.5 cm³/mol. The van der Waals surface area contributed by atoms with Crippen molar-refractivity contribution in [3.05, 3.63) is 0 Å². The van der Waals surface area contributed by atoms with Gasteiger partial charge in [0, 0.05) is 12.1 Å². The Kier molecular flexibility index (Phi) is 5.64. The molecule has 0 aromatic carbocycles. The fraction of sp³-hybridized carbons (Fsp3) is 0.923. The summed E-state index contributed by atoms with van der Waals surface area (Å²) in [6.45, 7) is 6.14. The molecule has 0 spiro atoms. The van der Waals surface area contributed by atoms with Gasteiger partial charge in [-0.3, -0.25) is 0 Å². The lowest BCUT2D eigenvalue weighted by Gasteiger charge is -2.30. The molecular formula is C13H26N2O.